The lowest BCUT2D eigenvalue weighted by Crippen LogP contribution is -2.43. The van der Waals surface area contributed by atoms with Gasteiger partial charge in [-0.05, 0) is 38.8 Å². The van der Waals surface area contributed by atoms with Crippen molar-refractivity contribution in [2.45, 2.75) is 37.6 Å². The van der Waals surface area contributed by atoms with Crippen molar-refractivity contribution in [3.63, 3.8) is 0 Å². The maximum Gasteiger partial charge on any atom is 0.236 e. The summed E-state index contributed by atoms with van der Waals surface area (Å²) in [7, 11) is 1.66. The first kappa shape index (κ1) is 15.0. The summed E-state index contributed by atoms with van der Waals surface area (Å²) in [6, 6.07) is 7.91. The lowest BCUT2D eigenvalue weighted by Gasteiger charge is -2.21. The van der Waals surface area contributed by atoms with Gasteiger partial charge in [0.25, 0.3) is 0 Å². The molecule has 0 radical (unpaired) electrons. The number of carbonyl (C=O) groups excluding carboxylic acids is 1. The predicted molar refractivity (Wildman–Crippen MR) is 77.3 cm³/mol. The highest BCUT2D eigenvalue weighted by molar-refractivity contribution is 9.10. The second-order valence-electron chi connectivity index (χ2n) is 4.86. The molecular weight excluding hydrogens is 294 g/mol. The highest BCUT2D eigenvalue weighted by atomic mass is 79.9. The average molecular weight is 314 g/mol. The average Bonchev–Trinajstić information content (AvgIpc) is 2.28. The van der Waals surface area contributed by atoms with E-state index in [1.807, 2.05) is 45.0 Å². The van der Waals surface area contributed by atoms with E-state index in [1.165, 1.54) is 0 Å². The first-order valence-electron chi connectivity index (χ1n) is 5.96. The minimum atomic E-state index is -0.540. The minimum absolute atomic E-state index is 0.00935. The van der Waals surface area contributed by atoms with Crippen LogP contribution in [0.25, 0.3) is 0 Å². The molecule has 4 heteroatoms. The van der Waals surface area contributed by atoms with E-state index in [4.69, 9.17) is 4.74 Å². The summed E-state index contributed by atoms with van der Waals surface area (Å²) in [5, 5.41) is 2.98. The van der Waals surface area contributed by atoms with Crippen molar-refractivity contribution in [2.75, 3.05) is 7.11 Å². The number of amides is 1. The molecule has 1 amide bonds. The van der Waals surface area contributed by atoms with Gasteiger partial charge in [0.2, 0.25) is 5.91 Å². The zero-order chi connectivity index (χ0) is 13.8. The maximum absolute atomic E-state index is 11.8. The number of hydrogen-bond acceptors (Lipinski definition) is 2. The van der Waals surface area contributed by atoms with Crippen molar-refractivity contribution in [1.82, 2.24) is 5.32 Å². The summed E-state index contributed by atoms with van der Waals surface area (Å²) in [6.45, 7) is 5.65. The number of rotatable bonds is 5. The molecule has 1 rings (SSSR count). The summed E-state index contributed by atoms with van der Waals surface area (Å²) < 4.78 is 4.76. The third-order valence-electron chi connectivity index (χ3n) is 2.64. The van der Waals surface area contributed by atoms with E-state index in [0.717, 1.165) is 17.7 Å². The topological polar surface area (TPSA) is 38.3 Å². The van der Waals surface area contributed by atoms with Crippen LogP contribution in [0, 0.1) is 0 Å². The second-order valence-corrected chi connectivity index (χ2v) is 6.85. The van der Waals surface area contributed by atoms with Gasteiger partial charge in [0.1, 0.15) is 5.75 Å². The van der Waals surface area contributed by atoms with E-state index >= 15 is 0 Å². The lowest BCUT2D eigenvalue weighted by atomic mass is 10.1. The van der Waals surface area contributed by atoms with Crippen LogP contribution in [0.3, 0.4) is 0 Å². The standard InChI is InChI=1S/C14H20BrNO2/c1-10(16-13(17)14(2,3)15)9-11-7-5-6-8-12(11)18-4/h5-8,10H,9H2,1-4H3,(H,16,17). The Hall–Kier alpha value is -1.03. The van der Waals surface area contributed by atoms with Gasteiger partial charge >= 0.3 is 0 Å². The summed E-state index contributed by atoms with van der Waals surface area (Å²) in [5.41, 5.74) is 1.10. The molecule has 0 aromatic heterocycles. The van der Waals surface area contributed by atoms with Gasteiger partial charge in [-0.25, -0.2) is 0 Å². The van der Waals surface area contributed by atoms with Crippen molar-refractivity contribution >= 4 is 21.8 Å². The highest BCUT2D eigenvalue weighted by Gasteiger charge is 2.24. The van der Waals surface area contributed by atoms with Gasteiger partial charge < -0.3 is 10.1 Å². The Balaban J connectivity index is 2.65. The van der Waals surface area contributed by atoms with Crippen molar-refractivity contribution in [3.8, 4) is 5.75 Å². The van der Waals surface area contributed by atoms with E-state index in [-0.39, 0.29) is 11.9 Å². The summed E-state index contributed by atoms with van der Waals surface area (Å²) in [4.78, 5) is 11.8. The number of nitrogens with one attached hydrogen (secondary N) is 1. The molecule has 1 atom stereocenters. The summed E-state index contributed by atoms with van der Waals surface area (Å²) >= 11 is 3.35. The zero-order valence-corrected chi connectivity index (χ0v) is 12.9. The first-order chi connectivity index (χ1) is 8.34. The third-order valence-corrected chi connectivity index (χ3v) is 3.00. The van der Waals surface area contributed by atoms with Gasteiger partial charge in [0.15, 0.2) is 0 Å². The number of ether oxygens (including phenoxy) is 1. The van der Waals surface area contributed by atoms with Crippen LogP contribution in [0.4, 0.5) is 0 Å². The Labute approximate surface area is 117 Å². The SMILES string of the molecule is COc1ccccc1CC(C)NC(=O)C(C)(C)Br. The van der Waals surface area contributed by atoms with E-state index in [2.05, 4.69) is 21.2 Å². The van der Waals surface area contributed by atoms with Gasteiger partial charge in [-0.3, -0.25) is 4.79 Å². The van der Waals surface area contributed by atoms with Crippen LogP contribution in [0.1, 0.15) is 26.3 Å². The Kier molecular flexibility index (Phi) is 5.20. The molecule has 0 aliphatic heterocycles. The predicted octanol–water partition coefficient (Wildman–Crippen LogP) is 2.92. The van der Waals surface area contributed by atoms with Gasteiger partial charge in [0, 0.05) is 6.04 Å². The molecule has 0 aliphatic rings. The molecular formula is C14H20BrNO2. The number of benzene rings is 1. The number of hydrogen-bond donors (Lipinski definition) is 1. The second kappa shape index (κ2) is 6.23. The molecule has 3 nitrogen and oxygen atoms in total. The number of alkyl halides is 1. The van der Waals surface area contributed by atoms with Gasteiger partial charge in [-0.2, -0.15) is 0 Å². The number of halogens is 1. The van der Waals surface area contributed by atoms with Crippen molar-refractivity contribution in [2.24, 2.45) is 0 Å². The smallest absolute Gasteiger partial charge is 0.236 e. The van der Waals surface area contributed by atoms with Crippen molar-refractivity contribution in [1.29, 1.82) is 0 Å². The lowest BCUT2D eigenvalue weighted by molar-refractivity contribution is -0.123. The maximum atomic E-state index is 11.8. The molecule has 0 aliphatic carbocycles. The molecule has 0 saturated carbocycles. The fourth-order valence-corrected chi connectivity index (χ4v) is 1.76. The fraction of sp³-hybridized carbons (Fsp3) is 0.500. The Morgan fingerprint density at radius 2 is 2.06 bits per heavy atom. The largest absolute Gasteiger partial charge is 0.496 e. The molecule has 1 aromatic rings. The first-order valence-corrected chi connectivity index (χ1v) is 6.75. The van der Waals surface area contributed by atoms with Crippen LogP contribution < -0.4 is 10.1 Å². The summed E-state index contributed by atoms with van der Waals surface area (Å²) in [5.74, 6) is 0.849. The van der Waals surface area contributed by atoms with Crippen LogP contribution in [-0.4, -0.2) is 23.4 Å². The van der Waals surface area contributed by atoms with Gasteiger partial charge in [-0.1, -0.05) is 34.1 Å². The molecule has 18 heavy (non-hydrogen) atoms. The monoisotopic (exact) mass is 313 g/mol. The van der Waals surface area contributed by atoms with Crippen LogP contribution in [-0.2, 0) is 11.2 Å². The number of para-hydroxylation sites is 1. The molecule has 0 spiro atoms. The minimum Gasteiger partial charge on any atom is -0.496 e. The van der Waals surface area contributed by atoms with Gasteiger partial charge in [0.05, 0.1) is 11.4 Å². The van der Waals surface area contributed by atoms with E-state index in [0.29, 0.717) is 0 Å². The molecule has 0 fully saturated rings. The van der Waals surface area contributed by atoms with E-state index in [9.17, 15) is 4.79 Å². The van der Waals surface area contributed by atoms with E-state index in [1.54, 1.807) is 7.11 Å². The molecule has 1 N–H and O–H groups in total. The Morgan fingerprint density at radius 1 is 1.44 bits per heavy atom. The quantitative estimate of drug-likeness (QED) is 0.849. The van der Waals surface area contributed by atoms with Crippen molar-refractivity contribution < 1.29 is 9.53 Å². The molecule has 0 heterocycles. The van der Waals surface area contributed by atoms with Crippen LogP contribution in [0.5, 0.6) is 5.75 Å². The van der Waals surface area contributed by atoms with E-state index < -0.39 is 4.32 Å². The normalized spacial score (nSPS) is 12.9. The van der Waals surface area contributed by atoms with Crippen molar-refractivity contribution in [3.05, 3.63) is 29.8 Å². The number of carbonyl (C=O) groups is 1. The number of methoxy groups -OCH3 is 1. The molecule has 0 bridgehead atoms. The Morgan fingerprint density at radius 3 is 2.61 bits per heavy atom. The highest BCUT2D eigenvalue weighted by Crippen LogP contribution is 2.20. The molecule has 100 valence electrons. The zero-order valence-electron chi connectivity index (χ0n) is 11.3. The third kappa shape index (κ3) is 4.33. The molecule has 0 saturated heterocycles. The van der Waals surface area contributed by atoms with Crippen LogP contribution >= 0.6 is 15.9 Å². The van der Waals surface area contributed by atoms with Crippen LogP contribution in [0.2, 0.25) is 0 Å². The Bertz CT molecular complexity index is 413. The van der Waals surface area contributed by atoms with Gasteiger partial charge in [-0.15, -0.1) is 0 Å². The molecule has 1 aromatic carbocycles. The van der Waals surface area contributed by atoms with Crippen LogP contribution in [0.15, 0.2) is 24.3 Å². The summed E-state index contributed by atoms with van der Waals surface area (Å²) in [6.07, 6.45) is 0.749. The molecule has 1 unspecified atom stereocenters. The fourth-order valence-electron chi connectivity index (χ4n) is 1.65.